The summed E-state index contributed by atoms with van der Waals surface area (Å²) in [5, 5.41) is 8.99. The molecule has 1 unspecified atom stereocenters. The van der Waals surface area contributed by atoms with Crippen molar-refractivity contribution < 1.29 is 4.39 Å². The number of rotatable bonds is 2. The fourth-order valence-electron chi connectivity index (χ4n) is 2.54. The Morgan fingerprint density at radius 2 is 2.00 bits per heavy atom. The van der Waals surface area contributed by atoms with E-state index < -0.39 is 0 Å². The van der Waals surface area contributed by atoms with Gasteiger partial charge in [0, 0.05) is 24.3 Å². The standard InChI is InChI=1S/C15H20FN3/c1-15(2)11-19(13-6-4-12(16)5-7-13)14(8-9-17)10-18(15)3/h4-7,14H,8,10-11H2,1-3H3. The van der Waals surface area contributed by atoms with Crippen molar-refractivity contribution in [2.45, 2.75) is 31.8 Å². The highest BCUT2D eigenvalue weighted by Crippen LogP contribution is 2.29. The molecule has 1 aromatic carbocycles. The van der Waals surface area contributed by atoms with Crippen LogP contribution in [0.5, 0.6) is 0 Å². The Kier molecular flexibility index (Phi) is 3.77. The zero-order valence-electron chi connectivity index (χ0n) is 11.7. The van der Waals surface area contributed by atoms with E-state index in [1.54, 1.807) is 12.1 Å². The largest absolute Gasteiger partial charge is 0.364 e. The van der Waals surface area contributed by atoms with Crippen LogP contribution in [0.2, 0.25) is 0 Å². The van der Waals surface area contributed by atoms with Crippen LogP contribution in [0.15, 0.2) is 24.3 Å². The number of hydrogen-bond acceptors (Lipinski definition) is 3. The topological polar surface area (TPSA) is 30.3 Å². The number of halogens is 1. The van der Waals surface area contributed by atoms with Gasteiger partial charge in [-0.1, -0.05) is 0 Å². The summed E-state index contributed by atoms with van der Waals surface area (Å²) in [4.78, 5) is 4.51. The number of nitriles is 1. The van der Waals surface area contributed by atoms with Crippen molar-refractivity contribution in [3.8, 4) is 6.07 Å². The van der Waals surface area contributed by atoms with Crippen LogP contribution in [0.1, 0.15) is 20.3 Å². The average molecular weight is 261 g/mol. The van der Waals surface area contributed by atoms with Crippen molar-refractivity contribution in [2.75, 3.05) is 25.0 Å². The van der Waals surface area contributed by atoms with Gasteiger partial charge in [0.15, 0.2) is 0 Å². The normalized spacial score (nSPS) is 23.1. The van der Waals surface area contributed by atoms with Gasteiger partial charge in [0.25, 0.3) is 0 Å². The molecule has 0 saturated carbocycles. The van der Waals surface area contributed by atoms with E-state index in [-0.39, 0.29) is 17.4 Å². The second kappa shape index (κ2) is 5.18. The number of piperazine rings is 1. The summed E-state index contributed by atoms with van der Waals surface area (Å²) in [6.45, 7) is 6.05. The second-order valence-electron chi connectivity index (χ2n) is 5.81. The molecule has 1 aliphatic rings. The Labute approximate surface area is 114 Å². The van der Waals surface area contributed by atoms with Crippen LogP contribution in [-0.4, -0.2) is 36.6 Å². The Morgan fingerprint density at radius 3 is 2.58 bits per heavy atom. The van der Waals surface area contributed by atoms with E-state index in [0.29, 0.717) is 6.42 Å². The predicted molar refractivity (Wildman–Crippen MR) is 74.5 cm³/mol. The molecule has 0 spiro atoms. The van der Waals surface area contributed by atoms with Gasteiger partial charge < -0.3 is 4.90 Å². The van der Waals surface area contributed by atoms with Crippen molar-refractivity contribution in [2.24, 2.45) is 0 Å². The molecule has 1 fully saturated rings. The first-order valence-corrected chi connectivity index (χ1v) is 6.54. The van der Waals surface area contributed by atoms with Crippen molar-refractivity contribution in [3.05, 3.63) is 30.1 Å². The van der Waals surface area contributed by atoms with Gasteiger partial charge in [-0.15, -0.1) is 0 Å². The molecule has 3 nitrogen and oxygen atoms in total. The summed E-state index contributed by atoms with van der Waals surface area (Å²) in [7, 11) is 2.09. The van der Waals surface area contributed by atoms with Crippen LogP contribution >= 0.6 is 0 Å². The minimum Gasteiger partial charge on any atom is -0.364 e. The van der Waals surface area contributed by atoms with Gasteiger partial charge in [-0.3, -0.25) is 4.90 Å². The molecule has 0 amide bonds. The van der Waals surface area contributed by atoms with Crippen molar-refractivity contribution in [3.63, 3.8) is 0 Å². The molecule has 1 aliphatic heterocycles. The maximum absolute atomic E-state index is 13.0. The fourth-order valence-corrected chi connectivity index (χ4v) is 2.54. The number of anilines is 1. The molecule has 0 N–H and O–H groups in total. The smallest absolute Gasteiger partial charge is 0.123 e. The second-order valence-corrected chi connectivity index (χ2v) is 5.81. The summed E-state index contributed by atoms with van der Waals surface area (Å²) >= 11 is 0. The molecule has 1 aromatic rings. The Balaban J connectivity index is 2.28. The molecular weight excluding hydrogens is 241 g/mol. The van der Waals surface area contributed by atoms with Gasteiger partial charge in [-0.25, -0.2) is 4.39 Å². The molecular formula is C15H20FN3. The quantitative estimate of drug-likeness (QED) is 0.820. The number of likely N-dealkylation sites (N-methyl/N-ethyl adjacent to an activating group) is 1. The molecule has 19 heavy (non-hydrogen) atoms. The van der Waals surface area contributed by atoms with Crippen molar-refractivity contribution in [1.29, 1.82) is 5.26 Å². The SMILES string of the molecule is CN1CC(CC#N)N(c2ccc(F)cc2)CC1(C)C. The lowest BCUT2D eigenvalue weighted by atomic mass is 9.94. The van der Waals surface area contributed by atoms with Gasteiger partial charge in [0.05, 0.1) is 18.5 Å². The Bertz CT molecular complexity index is 475. The van der Waals surface area contributed by atoms with Gasteiger partial charge >= 0.3 is 0 Å². The first-order valence-electron chi connectivity index (χ1n) is 6.54. The van der Waals surface area contributed by atoms with E-state index in [9.17, 15) is 4.39 Å². The van der Waals surface area contributed by atoms with Crippen molar-refractivity contribution >= 4 is 5.69 Å². The lowest BCUT2D eigenvalue weighted by Gasteiger charge is -2.50. The molecule has 1 heterocycles. The molecule has 2 rings (SSSR count). The lowest BCUT2D eigenvalue weighted by Crippen LogP contribution is -2.62. The summed E-state index contributed by atoms with van der Waals surface area (Å²) in [5.41, 5.74) is 1.03. The first-order chi connectivity index (χ1) is 8.94. The predicted octanol–water partition coefficient (Wildman–Crippen LogP) is 2.64. The zero-order valence-corrected chi connectivity index (χ0v) is 11.7. The van der Waals surface area contributed by atoms with Gasteiger partial charge in [0.2, 0.25) is 0 Å². The van der Waals surface area contributed by atoms with Crippen LogP contribution in [0.25, 0.3) is 0 Å². The molecule has 102 valence electrons. The number of hydrogen-bond donors (Lipinski definition) is 0. The van der Waals surface area contributed by atoms with E-state index >= 15 is 0 Å². The fraction of sp³-hybridized carbons (Fsp3) is 0.533. The molecule has 1 atom stereocenters. The Hall–Kier alpha value is -1.60. The lowest BCUT2D eigenvalue weighted by molar-refractivity contribution is 0.115. The number of nitrogens with zero attached hydrogens (tertiary/aromatic N) is 3. The van der Waals surface area contributed by atoms with E-state index in [4.69, 9.17) is 5.26 Å². The molecule has 0 radical (unpaired) electrons. The molecule has 4 heteroatoms. The number of benzene rings is 1. The van der Waals surface area contributed by atoms with Crippen LogP contribution in [-0.2, 0) is 0 Å². The van der Waals surface area contributed by atoms with Gasteiger partial charge in [-0.2, -0.15) is 5.26 Å². The molecule has 0 aliphatic carbocycles. The summed E-state index contributed by atoms with van der Waals surface area (Å²) in [5.74, 6) is -0.228. The molecule has 1 saturated heterocycles. The molecule has 0 aromatic heterocycles. The van der Waals surface area contributed by atoms with Crippen molar-refractivity contribution in [1.82, 2.24) is 4.90 Å². The van der Waals surface area contributed by atoms with E-state index in [1.807, 2.05) is 0 Å². The minimum atomic E-state index is -0.228. The Morgan fingerprint density at radius 1 is 1.37 bits per heavy atom. The summed E-state index contributed by atoms with van der Waals surface area (Å²) < 4.78 is 13.0. The zero-order chi connectivity index (χ0) is 14.0. The summed E-state index contributed by atoms with van der Waals surface area (Å²) in [6.07, 6.45) is 0.484. The van der Waals surface area contributed by atoms with Gasteiger partial charge in [-0.05, 0) is 45.2 Å². The third kappa shape index (κ3) is 2.87. The van der Waals surface area contributed by atoms with Crippen LogP contribution in [0.3, 0.4) is 0 Å². The van der Waals surface area contributed by atoms with Gasteiger partial charge in [0.1, 0.15) is 5.82 Å². The van der Waals surface area contributed by atoms with Crippen LogP contribution in [0, 0.1) is 17.1 Å². The van der Waals surface area contributed by atoms with E-state index in [0.717, 1.165) is 18.8 Å². The average Bonchev–Trinajstić information content (AvgIpc) is 2.35. The summed E-state index contributed by atoms with van der Waals surface area (Å²) in [6, 6.07) is 8.95. The van der Waals surface area contributed by atoms with Crippen LogP contribution in [0.4, 0.5) is 10.1 Å². The third-order valence-electron chi connectivity index (χ3n) is 4.00. The highest BCUT2D eigenvalue weighted by atomic mass is 19.1. The van der Waals surface area contributed by atoms with Crippen LogP contribution < -0.4 is 4.90 Å². The van der Waals surface area contributed by atoms with E-state index in [1.165, 1.54) is 12.1 Å². The minimum absolute atomic E-state index is 0.0420. The highest BCUT2D eigenvalue weighted by Gasteiger charge is 2.36. The maximum Gasteiger partial charge on any atom is 0.123 e. The first kappa shape index (κ1) is 13.8. The maximum atomic E-state index is 13.0. The highest BCUT2D eigenvalue weighted by molar-refractivity contribution is 5.49. The monoisotopic (exact) mass is 261 g/mol. The van der Waals surface area contributed by atoms with E-state index in [2.05, 4.69) is 36.8 Å². The third-order valence-corrected chi connectivity index (χ3v) is 4.00. The molecule has 0 bridgehead atoms.